The van der Waals surface area contributed by atoms with Crippen LogP contribution in [-0.2, 0) is 47.6 Å². The van der Waals surface area contributed by atoms with E-state index in [1.165, 1.54) is 72.0 Å². The van der Waals surface area contributed by atoms with E-state index in [9.17, 15) is 19.2 Å². The fraction of sp³-hybridized carbons (Fsp3) is 0.920. The molecule has 0 aliphatic rings. The Morgan fingerprint density at radius 2 is 0.567 bits per heavy atom. The summed E-state index contributed by atoms with van der Waals surface area (Å²) in [7, 11) is 2.86. The molecule has 0 heterocycles. The lowest BCUT2D eigenvalue weighted by atomic mass is 9.99. The van der Waals surface area contributed by atoms with Gasteiger partial charge in [0.25, 0.3) is 0 Å². The zero-order valence-corrected chi connectivity index (χ0v) is 39.8. The van der Waals surface area contributed by atoms with Gasteiger partial charge in [-0.25, -0.2) is 0 Å². The smallest absolute Gasteiger partial charge is 0.306 e. The van der Waals surface area contributed by atoms with E-state index < -0.39 is 0 Å². The molecular formula is C50H94O10. The molecule has 0 aliphatic heterocycles. The molecule has 0 aromatic rings. The minimum Gasteiger partial charge on any atom is -0.469 e. The van der Waals surface area contributed by atoms with E-state index in [-0.39, 0.29) is 48.3 Å². The van der Waals surface area contributed by atoms with Gasteiger partial charge in [-0.05, 0) is 78.1 Å². The van der Waals surface area contributed by atoms with Crippen molar-refractivity contribution in [2.45, 2.75) is 270 Å². The SMILES string of the molecule is CCCCCCCCC(OCC)C(CCCCCCCC(=O)OC)OC(=O)CCCCCCC(=O)OC(CCCCCCCC)C(CCCCCCCC(=O)OC)OCC. The highest BCUT2D eigenvalue weighted by Gasteiger charge is 2.27. The summed E-state index contributed by atoms with van der Waals surface area (Å²) in [5.74, 6) is -0.620. The standard InChI is InChI=1S/C50H94O10/c1-7-11-13-15-19-27-35-43(57-9-3)46(38-30-22-18-24-32-40-48(52)56-6)60-50(54)42-34-26-25-33-41-49(53)59-45(37-29-20-16-14-12-8-2)44(58-10-4)36-28-21-17-23-31-39-47(51)55-5/h43-46H,7-42H2,1-6H3. The molecule has 354 valence electrons. The van der Waals surface area contributed by atoms with Crippen LogP contribution in [0.25, 0.3) is 0 Å². The summed E-state index contributed by atoms with van der Waals surface area (Å²) in [6.45, 7) is 9.66. The molecule has 0 aromatic carbocycles. The topological polar surface area (TPSA) is 124 Å². The van der Waals surface area contributed by atoms with Crippen LogP contribution in [0.5, 0.6) is 0 Å². The van der Waals surface area contributed by atoms with Gasteiger partial charge in [-0.15, -0.1) is 0 Å². The number of carbonyl (C=O) groups excluding carboxylic acids is 4. The van der Waals surface area contributed by atoms with Gasteiger partial charge in [-0.1, -0.05) is 142 Å². The van der Waals surface area contributed by atoms with Crippen molar-refractivity contribution in [3.8, 4) is 0 Å². The summed E-state index contributed by atoms with van der Waals surface area (Å²) >= 11 is 0. The van der Waals surface area contributed by atoms with E-state index in [1.807, 2.05) is 13.8 Å². The van der Waals surface area contributed by atoms with Gasteiger partial charge in [0, 0.05) is 38.9 Å². The number of methoxy groups -OCH3 is 2. The number of esters is 4. The average molecular weight is 855 g/mol. The molecule has 0 fully saturated rings. The highest BCUT2D eigenvalue weighted by Crippen LogP contribution is 2.23. The Kier molecular flexibility index (Phi) is 41.9. The molecule has 0 radical (unpaired) electrons. The van der Waals surface area contributed by atoms with E-state index in [4.69, 9.17) is 28.4 Å². The van der Waals surface area contributed by atoms with Crippen LogP contribution in [-0.4, -0.2) is 75.7 Å². The molecule has 10 nitrogen and oxygen atoms in total. The van der Waals surface area contributed by atoms with Gasteiger partial charge in [-0.3, -0.25) is 19.2 Å². The number of hydrogen-bond acceptors (Lipinski definition) is 10. The highest BCUT2D eigenvalue weighted by molar-refractivity contribution is 5.70. The fourth-order valence-corrected chi connectivity index (χ4v) is 7.92. The first kappa shape index (κ1) is 57.8. The maximum Gasteiger partial charge on any atom is 0.306 e. The molecule has 0 aromatic heterocycles. The van der Waals surface area contributed by atoms with E-state index in [0.29, 0.717) is 38.9 Å². The normalized spacial score (nSPS) is 13.4. The Bertz CT molecular complexity index is 1000. The van der Waals surface area contributed by atoms with Gasteiger partial charge in [-0.2, -0.15) is 0 Å². The second kappa shape index (κ2) is 43.4. The molecule has 10 heteroatoms. The first-order valence-electron chi connectivity index (χ1n) is 25.0. The van der Waals surface area contributed by atoms with Crippen LogP contribution >= 0.6 is 0 Å². The van der Waals surface area contributed by atoms with Gasteiger partial charge < -0.3 is 28.4 Å². The maximum absolute atomic E-state index is 13.2. The maximum atomic E-state index is 13.2. The van der Waals surface area contributed by atoms with Crippen LogP contribution in [0.4, 0.5) is 0 Å². The predicted octanol–water partition coefficient (Wildman–Crippen LogP) is 13.3. The molecular weight excluding hydrogens is 761 g/mol. The van der Waals surface area contributed by atoms with Crippen molar-refractivity contribution in [2.24, 2.45) is 0 Å². The van der Waals surface area contributed by atoms with Gasteiger partial charge in [0.05, 0.1) is 26.4 Å². The van der Waals surface area contributed by atoms with Crippen LogP contribution in [0.2, 0.25) is 0 Å². The van der Waals surface area contributed by atoms with Crippen LogP contribution in [0.15, 0.2) is 0 Å². The Labute approximate surface area is 368 Å². The summed E-state index contributed by atoms with van der Waals surface area (Å²) in [4.78, 5) is 49.2. The Balaban J connectivity index is 5.00. The summed E-state index contributed by atoms with van der Waals surface area (Å²) in [6, 6.07) is 0. The van der Waals surface area contributed by atoms with Crippen molar-refractivity contribution in [3.63, 3.8) is 0 Å². The van der Waals surface area contributed by atoms with Gasteiger partial charge in [0.15, 0.2) is 0 Å². The second-order valence-electron chi connectivity index (χ2n) is 16.8. The predicted molar refractivity (Wildman–Crippen MR) is 243 cm³/mol. The molecule has 4 unspecified atom stereocenters. The lowest BCUT2D eigenvalue weighted by molar-refractivity contribution is -0.160. The lowest BCUT2D eigenvalue weighted by Gasteiger charge is -2.27. The second-order valence-corrected chi connectivity index (χ2v) is 16.8. The number of rotatable bonds is 45. The summed E-state index contributed by atoms with van der Waals surface area (Å²) in [5, 5.41) is 0. The highest BCUT2D eigenvalue weighted by atomic mass is 16.6. The van der Waals surface area contributed by atoms with E-state index in [2.05, 4.69) is 13.8 Å². The van der Waals surface area contributed by atoms with Crippen molar-refractivity contribution >= 4 is 23.9 Å². The molecule has 4 atom stereocenters. The summed E-state index contributed by atoms with van der Waals surface area (Å²) in [5.41, 5.74) is 0. The molecule has 0 spiro atoms. The first-order chi connectivity index (χ1) is 29.3. The largest absolute Gasteiger partial charge is 0.469 e. The summed E-state index contributed by atoms with van der Waals surface area (Å²) < 4.78 is 34.2. The van der Waals surface area contributed by atoms with Crippen LogP contribution in [0, 0.1) is 0 Å². The number of carbonyl (C=O) groups is 4. The summed E-state index contributed by atoms with van der Waals surface area (Å²) in [6.07, 6.45) is 31.7. The monoisotopic (exact) mass is 855 g/mol. The first-order valence-corrected chi connectivity index (χ1v) is 25.0. The molecule has 60 heavy (non-hydrogen) atoms. The number of hydrogen-bond donors (Lipinski definition) is 0. The minimum absolute atomic E-state index is 0.0908. The third kappa shape index (κ3) is 35.4. The van der Waals surface area contributed by atoms with E-state index >= 15 is 0 Å². The molecule has 0 aliphatic carbocycles. The third-order valence-electron chi connectivity index (χ3n) is 11.5. The van der Waals surface area contributed by atoms with Gasteiger partial charge in [0.2, 0.25) is 0 Å². The third-order valence-corrected chi connectivity index (χ3v) is 11.5. The zero-order chi connectivity index (χ0) is 44.3. The molecule has 0 N–H and O–H groups in total. The Morgan fingerprint density at radius 3 is 0.850 bits per heavy atom. The average Bonchev–Trinajstić information content (AvgIpc) is 3.24. The molecule has 0 saturated heterocycles. The quantitative estimate of drug-likeness (QED) is 0.0332. The van der Waals surface area contributed by atoms with Crippen molar-refractivity contribution in [1.29, 1.82) is 0 Å². The molecule has 0 saturated carbocycles. The van der Waals surface area contributed by atoms with Crippen molar-refractivity contribution in [2.75, 3.05) is 27.4 Å². The van der Waals surface area contributed by atoms with E-state index in [1.54, 1.807) is 0 Å². The van der Waals surface area contributed by atoms with Crippen molar-refractivity contribution < 1.29 is 47.6 Å². The Hall–Kier alpha value is -2.20. The number of ether oxygens (including phenoxy) is 6. The zero-order valence-electron chi connectivity index (χ0n) is 39.8. The van der Waals surface area contributed by atoms with Crippen molar-refractivity contribution in [3.05, 3.63) is 0 Å². The Morgan fingerprint density at radius 1 is 0.317 bits per heavy atom. The van der Waals surface area contributed by atoms with Gasteiger partial charge in [0.1, 0.15) is 12.2 Å². The van der Waals surface area contributed by atoms with Crippen LogP contribution in [0.3, 0.4) is 0 Å². The van der Waals surface area contributed by atoms with E-state index in [0.717, 1.165) is 135 Å². The molecule has 0 rings (SSSR count). The fourth-order valence-electron chi connectivity index (χ4n) is 7.92. The van der Waals surface area contributed by atoms with Crippen LogP contribution in [0.1, 0.15) is 246 Å². The minimum atomic E-state index is -0.249. The van der Waals surface area contributed by atoms with Gasteiger partial charge >= 0.3 is 23.9 Å². The van der Waals surface area contributed by atoms with Crippen LogP contribution < -0.4 is 0 Å². The molecule has 0 amide bonds. The lowest BCUT2D eigenvalue weighted by Crippen LogP contribution is -2.34. The molecule has 0 bridgehead atoms. The van der Waals surface area contributed by atoms with Crippen molar-refractivity contribution in [1.82, 2.24) is 0 Å². The number of unbranched alkanes of at least 4 members (excludes halogenated alkanes) is 21.